The maximum atomic E-state index is 14.2. The van der Waals surface area contributed by atoms with Gasteiger partial charge in [-0.25, -0.2) is 4.39 Å². The summed E-state index contributed by atoms with van der Waals surface area (Å²) in [4.78, 5) is 18.2. The van der Waals surface area contributed by atoms with Crippen LogP contribution in [-0.2, 0) is 10.2 Å². The maximum Gasteiger partial charge on any atom is 0.220 e. The molecule has 6 heteroatoms. The van der Waals surface area contributed by atoms with Crippen LogP contribution in [0.25, 0.3) is 0 Å². The summed E-state index contributed by atoms with van der Waals surface area (Å²) < 4.78 is 14.2. The lowest BCUT2D eigenvalue weighted by molar-refractivity contribution is -0.121. The van der Waals surface area contributed by atoms with Crippen LogP contribution in [0.4, 0.5) is 4.39 Å². The summed E-state index contributed by atoms with van der Waals surface area (Å²) in [7, 11) is 3.48. The fraction of sp³-hybridized carbons (Fsp3) is 0.600. The number of halogens is 1. The molecule has 5 nitrogen and oxygen atoms in total. The van der Waals surface area contributed by atoms with Gasteiger partial charge in [-0.05, 0) is 43.2 Å². The molecule has 2 N–H and O–H groups in total. The third-order valence-corrected chi connectivity index (χ3v) is 5.76. The van der Waals surface area contributed by atoms with Gasteiger partial charge in [-0.1, -0.05) is 18.2 Å². The van der Waals surface area contributed by atoms with Gasteiger partial charge in [-0.15, -0.1) is 0 Å². The number of piperidine rings is 1. The molecule has 1 saturated heterocycles. The van der Waals surface area contributed by atoms with Crippen molar-refractivity contribution in [2.24, 2.45) is 10.9 Å². The molecule has 1 aliphatic heterocycles. The fourth-order valence-corrected chi connectivity index (χ4v) is 3.88. The summed E-state index contributed by atoms with van der Waals surface area (Å²) in [5, 5.41) is 6.17. The molecule has 1 aromatic carbocycles. The number of carbonyl (C=O) groups is 1. The molecular weight excluding hydrogens is 331 g/mol. The predicted molar refractivity (Wildman–Crippen MR) is 102 cm³/mol. The van der Waals surface area contributed by atoms with Crippen molar-refractivity contribution < 1.29 is 9.18 Å². The normalized spacial score (nSPS) is 20.0. The minimum Gasteiger partial charge on any atom is -0.359 e. The Kier molecular flexibility index (Phi) is 5.79. The van der Waals surface area contributed by atoms with Gasteiger partial charge in [0.15, 0.2) is 5.96 Å². The second-order valence-corrected chi connectivity index (χ2v) is 7.47. The standard InChI is InChI=1S/C20H29FN4O/c1-22-18(26)13-15-7-11-25(12-8-15)19(23-2)24-14-20(9-10-20)16-5-3-4-6-17(16)21/h3-6,15H,7-14H2,1-2H3,(H,22,26)(H,23,24). The number of aliphatic imine (C=N–C) groups is 1. The SMILES string of the molecule is CN=C(NCC1(c2ccccc2F)CC1)N1CCC(CC(=O)NC)CC1. The monoisotopic (exact) mass is 360 g/mol. The molecule has 1 aliphatic carbocycles. The minimum absolute atomic E-state index is 0.0984. The fourth-order valence-electron chi connectivity index (χ4n) is 3.88. The molecule has 2 aliphatic rings. The number of amides is 1. The molecule has 0 unspecified atom stereocenters. The van der Waals surface area contributed by atoms with E-state index < -0.39 is 0 Å². The molecule has 1 amide bonds. The quantitative estimate of drug-likeness (QED) is 0.626. The van der Waals surface area contributed by atoms with E-state index in [1.54, 1.807) is 26.2 Å². The summed E-state index contributed by atoms with van der Waals surface area (Å²) >= 11 is 0. The van der Waals surface area contributed by atoms with Crippen LogP contribution in [0.3, 0.4) is 0 Å². The first-order valence-electron chi connectivity index (χ1n) is 9.49. The molecule has 0 aromatic heterocycles. The van der Waals surface area contributed by atoms with Gasteiger partial charge >= 0.3 is 0 Å². The van der Waals surface area contributed by atoms with Crippen molar-refractivity contribution in [2.45, 2.75) is 37.5 Å². The van der Waals surface area contributed by atoms with Crippen LogP contribution in [0.1, 0.15) is 37.7 Å². The Morgan fingerprint density at radius 2 is 2.00 bits per heavy atom. The number of hydrogen-bond acceptors (Lipinski definition) is 2. The molecule has 26 heavy (non-hydrogen) atoms. The van der Waals surface area contributed by atoms with E-state index in [0.717, 1.165) is 50.3 Å². The number of hydrogen-bond donors (Lipinski definition) is 2. The number of rotatable bonds is 5. The van der Waals surface area contributed by atoms with Crippen LogP contribution >= 0.6 is 0 Å². The highest BCUT2D eigenvalue weighted by molar-refractivity contribution is 5.80. The molecule has 0 bridgehead atoms. The van der Waals surface area contributed by atoms with Gasteiger partial charge in [0.1, 0.15) is 5.82 Å². The topological polar surface area (TPSA) is 56.7 Å². The second kappa shape index (κ2) is 8.06. The Labute approximate surface area is 155 Å². The highest BCUT2D eigenvalue weighted by atomic mass is 19.1. The van der Waals surface area contributed by atoms with Gasteiger partial charge in [-0.3, -0.25) is 9.79 Å². The smallest absolute Gasteiger partial charge is 0.220 e. The Morgan fingerprint density at radius 3 is 2.58 bits per heavy atom. The molecule has 2 fully saturated rings. The van der Waals surface area contributed by atoms with E-state index >= 15 is 0 Å². The maximum absolute atomic E-state index is 14.2. The number of benzene rings is 1. The van der Waals surface area contributed by atoms with Crippen LogP contribution in [0.15, 0.2) is 29.3 Å². The largest absolute Gasteiger partial charge is 0.359 e. The number of likely N-dealkylation sites (tertiary alicyclic amines) is 1. The third-order valence-electron chi connectivity index (χ3n) is 5.76. The zero-order valence-electron chi connectivity index (χ0n) is 15.7. The van der Waals surface area contributed by atoms with E-state index in [9.17, 15) is 9.18 Å². The van der Waals surface area contributed by atoms with Gasteiger partial charge in [0, 0.05) is 45.6 Å². The highest BCUT2D eigenvalue weighted by Gasteiger charge is 2.46. The third kappa shape index (κ3) is 4.17. The molecule has 0 radical (unpaired) electrons. The molecule has 1 aromatic rings. The van der Waals surface area contributed by atoms with E-state index in [1.807, 2.05) is 12.1 Å². The lowest BCUT2D eigenvalue weighted by Crippen LogP contribution is -2.47. The van der Waals surface area contributed by atoms with E-state index in [2.05, 4.69) is 20.5 Å². The highest BCUT2D eigenvalue weighted by Crippen LogP contribution is 2.48. The van der Waals surface area contributed by atoms with Gasteiger partial charge in [0.25, 0.3) is 0 Å². The van der Waals surface area contributed by atoms with E-state index in [-0.39, 0.29) is 17.1 Å². The Hall–Kier alpha value is -2.11. The number of guanidine groups is 1. The van der Waals surface area contributed by atoms with E-state index in [0.29, 0.717) is 18.9 Å². The summed E-state index contributed by atoms with van der Waals surface area (Å²) in [6.45, 7) is 2.50. The molecule has 3 rings (SSSR count). The van der Waals surface area contributed by atoms with E-state index in [1.165, 1.54) is 0 Å². The molecule has 0 spiro atoms. The van der Waals surface area contributed by atoms with Gasteiger partial charge in [-0.2, -0.15) is 0 Å². The lowest BCUT2D eigenvalue weighted by atomic mass is 9.93. The average Bonchev–Trinajstić information content (AvgIpc) is 3.44. The van der Waals surface area contributed by atoms with Crippen LogP contribution in [-0.4, -0.2) is 50.5 Å². The summed E-state index contributed by atoms with van der Waals surface area (Å²) in [5.41, 5.74) is 0.714. The van der Waals surface area contributed by atoms with Crippen LogP contribution < -0.4 is 10.6 Å². The Morgan fingerprint density at radius 1 is 1.31 bits per heavy atom. The average molecular weight is 360 g/mol. The van der Waals surface area contributed by atoms with Crippen molar-refractivity contribution in [2.75, 3.05) is 33.7 Å². The van der Waals surface area contributed by atoms with Crippen LogP contribution in [0, 0.1) is 11.7 Å². The first-order chi connectivity index (χ1) is 12.6. The Bertz CT molecular complexity index is 664. The summed E-state index contributed by atoms with van der Waals surface area (Å²) in [6.07, 6.45) is 4.60. The lowest BCUT2D eigenvalue weighted by Gasteiger charge is -2.34. The van der Waals surface area contributed by atoms with Crippen LogP contribution in [0.5, 0.6) is 0 Å². The molecule has 0 atom stereocenters. The number of nitrogens with zero attached hydrogens (tertiary/aromatic N) is 2. The van der Waals surface area contributed by atoms with Crippen molar-refractivity contribution >= 4 is 11.9 Å². The van der Waals surface area contributed by atoms with Crippen molar-refractivity contribution in [3.8, 4) is 0 Å². The number of nitrogens with one attached hydrogen (secondary N) is 2. The van der Waals surface area contributed by atoms with Gasteiger partial charge in [0.05, 0.1) is 0 Å². The van der Waals surface area contributed by atoms with Gasteiger partial charge < -0.3 is 15.5 Å². The number of carbonyl (C=O) groups excluding carboxylic acids is 1. The molecule has 1 heterocycles. The molecule has 142 valence electrons. The van der Waals surface area contributed by atoms with Gasteiger partial charge in [0.2, 0.25) is 5.91 Å². The van der Waals surface area contributed by atoms with Crippen molar-refractivity contribution in [3.05, 3.63) is 35.6 Å². The second-order valence-electron chi connectivity index (χ2n) is 7.47. The minimum atomic E-state index is -0.114. The Balaban J connectivity index is 1.53. The predicted octanol–water partition coefficient (Wildman–Crippen LogP) is 2.28. The molecular formula is C20H29FN4O. The van der Waals surface area contributed by atoms with Crippen molar-refractivity contribution in [1.82, 2.24) is 15.5 Å². The van der Waals surface area contributed by atoms with Crippen LogP contribution in [0.2, 0.25) is 0 Å². The zero-order valence-corrected chi connectivity index (χ0v) is 15.7. The van der Waals surface area contributed by atoms with Crippen molar-refractivity contribution in [1.29, 1.82) is 0 Å². The first kappa shape index (κ1) is 18.7. The first-order valence-corrected chi connectivity index (χ1v) is 9.49. The zero-order chi connectivity index (χ0) is 18.6. The van der Waals surface area contributed by atoms with Crippen molar-refractivity contribution in [3.63, 3.8) is 0 Å². The summed E-state index contributed by atoms with van der Waals surface area (Å²) in [6, 6.07) is 7.09. The summed E-state index contributed by atoms with van der Waals surface area (Å²) in [5.74, 6) is 1.33. The molecule has 1 saturated carbocycles. The van der Waals surface area contributed by atoms with E-state index in [4.69, 9.17) is 0 Å².